The van der Waals surface area contributed by atoms with Gasteiger partial charge in [0, 0.05) is 10.2 Å². The second-order valence-electron chi connectivity index (χ2n) is 4.79. The number of carbonyl (C=O) groups is 1. The van der Waals surface area contributed by atoms with Gasteiger partial charge in [0.05, 0.1) is 11.6 Å². The monoisotopic (exact) mass is 332 g/mol. The first-order valence-electron chi connectivity index (χ1n) is 6.40. The fourth-order valence-corrected chi connectivity index (χ4v) is 2.37. The summed E-state index contributed by atoms with van der Waals surface area (Å²) in [5.41, 5.74) is 8.88. The van der Waals surface area contributed by atoms with Crippen molar-refractivity contribution >= 4 is 27.5 Å². The molecule has 0 fully saturated rings. The largest absolute Gasteiger partial charge is 0.398 e. The van der Waals surface area contributed by atoms with Gasteiger partial charge in [0.15, 0.2) is 0 Å². The Labute approximate surface area is 127 Å². The quantitative estimate of drug-likeness (QED) is 0.839. The molecule has 0 bridgehead atoms. The average molecular weight is 333 g/mol. The van der Waals surface area contributed by atoms with E-state index in [-0.39, 0.29) is 11.9 Å². The zero-order valence-corrected chi connectivity index (χ0v) is 13.1. The molecule has 0 radical (unpaired) electrons. The fraction of sp³-hybridized carbons (Fsp3) is 0.188. The molecule has 0 saturated carbocycles. The molecule has 4 heteroatoms. The summed E-state index contributed by atoms with van der Waals surface area (Å²) in [7, 11) is 0. The van der Waals surface area contributed by atoms with E-state index in [2.05, 4.69) is 21.2 Å². The van der Waals surface area contributed by atoms with Crippen LogP contribution < -0.4 is 11.1 Å². The number of halogens is 1. The van der Waals surface area contributed by atoms with Crippen LogP contribution in [-0.2, 0) is 0 Å². The minimum absolute atomic E-state index is 0.0744. The maximum Gasteiger partial charge on any atom is 0.254 e. The molecule has 0 heterocycles. The van der Waals surface area contributed by atoms with E-state index in [9.17, 15) is 4.79 Å². The lowest BCUT2D eigenvalue weighted by atomic mass is 10.0. The molecular weight excluding hydrogens is 316 g/mol. The number of carbonyl (C=O) groups excluding carboxylic acids is 1. The van der Waals surface area contributed by atoms with E-state index in [1.807, 2.05) is 50.2 Å². The summed E-state index contributed by atoms with van der Waals surface area (Å²) in [6.45, 7) is 3.84. The van der Waals surface area contributed by atoms with Gasteiger partial charge >= 0.3 is 0 Å². The Balaban J connectivity index is 2.17. The Morgan fingerprint density at radius 2 is 1.85 bits per heavy atom. The van der Waals surface area contributed by atoms with Crippen LogP contribution in [0.3, 0.4) is 0 Å². The predicted molar refractivity (Wildman–Crippen MR) is 85.6 cm³/mol. The highest BCUT2D eigenvalue weighted by Crippen LogP contribution is 2.20. The smallest absolute Gasteiger partial charge is 0.254 e. The lowest BCUT2D eigenvalue weighted by Gasteiger charge is -2.16. The third-order valence-corrected chi connectivity index (χ3v) is 3.78. The highest BCUT2D eigenvalue weighted by atomic mass is 79.9. The van der Waals surface area contributed by atoms with Gasteiger partial charge in [-0.3, -0.25) is 4.79 Å². The van der Waals surface area contributed by atoms with Gasteiger partial charge in [0.2, 0.25) is 0 Å². The summed E-state index contributed by atoms with van der Waals surface area (Å²) in [4.78, 5) is 12.3. The van der Waals surface area contributed by atoms with E-state index < -0.39 is 0 Å². The molecule has 3 nitrogen and oxygen atoms in total. The van der Waals surface area contributed by atoms with Crippen LogP contribution in [0.15, 0.2) is 46.9 Å². The number of rotatable bonds is 3. The zero-order chi connectivity index (χ0) is 14.7. The van der Waals surface area contributed by atoms with Crippen molar-refractivity contribution in [2.75, 3.05) is 5.73 Å². The van der Waals surface area contributed by atoms with E-state index in [0.29, 0.717) is 11.3 Å². The van der Waals surface area contributed by atoms with Gasteiger partial charge in [-0.2, -0.15) is 0 Å². The van der Waals surface area contributed by atoms with Crippen LogP contribution >= 0.6 is 15.9 Å². The molecule has 0 spiro atoms. The third kappa shape index (κ3) is 3.20. The Bertz CT molecular complexity index is 603. The first-order chi connectivity index (χ1) is 9.49. The average Bonchev–Trinajstić information content (AvgIpc) is 2.39. The van der Waals surface area contributed by atoms with Crippen LogP contribution in [0.5, 0.6) is 0 Å². The summed E-state index contributed by atoms with van der Waals surface area (Å²) in [6, 6.07) is 13.3. The first kappa shape index (κ1) is 14.6. The van der Waals surface area contributed by atoms with Crippen LogP contribution in [0.4, 0.5) is 5.69 Å². The number of nitrogen functional groups attached to an aromatic ring is 1. The van der Waals surface area contributed by atoms with Gasteiger partial charge in [-0.1, -0.05) is 40.2 Å². The standard InChI is InChI=1S/C16H17BrN2O/c1-10-4-3-5-14(18)15(10)16(20)19-11(2)12-6-8-13(17)9-7-12/h3-9,11H,18H2,1-2H3,(H,19,20). The maximum absolute atomic E-state index is 12.3. The zero-order valence-electron chi connectivity index (χ0n) is 11.5. The van der Waals surface area contributed by atoms with E-state index in [1.165, 1.54) is 0 Å². The molecule has 0 aromatic heterocycles. The first-order valence-corrected chi connectivity index (χ1v) is 7.19. The molecule has 20 heavy (non-hydrogen) atoms. The molecule has 0 saturated heterocycles. The molecule has 2 aromatic carbocycles. The second-order valence-corrected chi connectivity index (χ2v) is 5.70. The minimum atomic E-state index is -0.143. The van der Waals surface area contributed by atoms with E-state index in [4.69, 9.17) is 5.73 Å². The number of nitrogens with one attached hydrogen (secondary N) is 1. The molecule has 0 aliphatic rings. The molecule has 0 aliphatic heterocycles. The van der Waals surface area contributed by atoms with Gasteiger partial charge in [-0.15, -0.1) is 0 Å². The van der Waals surface area contributed by atoms with Crippen LogP contribution in [-0.4, -0.2) is 5.91 Å². The van der Waals surface area contributed by atoms with Crippen molar-refractivity contribution in [1.82, 2.24) is 5.32 Å². The van der Waals surface area contributed by atoms with E-state index in [1.54, 1.807) is 6.07 Å². The van der Waals surface area contributed by atoms with Crippen LogP contribution in [0.25, 0.3) is 0 Å². The molecule has 0 aliphatic carbocycles. The van der Waals surface area contributed by atoms with Crippen molar-refractivity contribution in [2.45, 2.75) is 19.9 Å². The van der Waals surface area contributed by atoms with Crippen molar-refractivity contribution < 1.29 is 4.79 Å². The molecule has 1 atom stereocenters. The van der Waals surface area contributed by atoms with Gasteiger partial charge < -0.3 is 11.1 Å². The topological polar surface area (TPSA) is 55.1 Å². The van der Waals surface area contributed by atoms with Crippen molar-refractivity contribution in [2.24, 2.45) is 0 Å². The van der Waals surface area contributed by atoms with E-state index in [0.717, 1.165) is 15.6 Å². The van der Waals surface area contributed by atoms with Crippen LogP contribution in [0.2, 0.25) is 0 Å². The predicted octanol–water partition coefficient (Wildman–Crippen LogP) is 3.83. The summed E-state index contributed by atoms with van der Waals surface area (Å²) >= 11 is 3.40. The molecule has 2 rings (SSSR count). The molecule has 2 aromatic rings. The number of anilines is 1. The third-order valence-electron chi connectivity index (χ3n) is 3.25. The molecule has 104 valence electrons. The number of amides is 1. The second kappa shape index (κ2) is 6.09. The number of hydrogen-bond donors (Lipinski definition) is 2. The summed E-state index contributed by atoms with van der Waals surface area (Å²) < 4.78 is 1.02. The van der Waals surface area contributed by atoms with Crippen LogP contribution in [0, 0.1) is 6.92 Å². The van der Waals surface area contributed by atoms with Gasteiger partial charge in [0.1, 0.15) is 0 Å². The summed E-state index contributed by atoms with van der Waals surface area (Å²) in [5, 5.41) is 2.98. The fourth-order valence-electron chi connectivity index (χ4n) is 2.10. The number of aryl methyl sites for hydroxylation is 1. The summed E-state index contributed by atoms with van der Waals surface area (Å²) in [6.07, 6.45) is 0. The number of hydrogen-bond acceptors (Lipinski definition) is 2. The molecule has 3 N–H and O–H groups in total. The van der Waals surface area contributed by atoms with Gasteiger partial charge in [-0.25, -0.2) is 0 Å². The lowest BCUT2D eigenvalue weighted by molar-refractivity contribution is 0.0940. The SMILES string of the molecule is Cc1cccc(N)c1C(=O)NC(C)c1ccc(Br)cc1. The summed E-state index contributed by atoms with van der Waals surface area (Å²) in [5.74, 6) is -0.143. The Morgan fingerprint density at radius 3 is 2.45 bits per heavy atom. The Hall–Kier alpha value is -1.81. The highest BCUT2D eigenvalue weighted by Gasteiger charge is 2.15. The molecule has 1 amide bonds. The minimum Gasteiger partial charge on any atom is -0.398 e. The Kier molecular flexibility index (Phi) is 4.45. The van der Waals surface area contributed by atoms with E-state index >= 15 is 0 Å². The Morgan fingerprint density at radius 1 is 1.20 bits per heavy atom. The lowest BCUT2D eigenvalue weighted by Crippen LogP contribution is -2.28. The normalized spacial score (nSPS) is 11.9. The van der Waals surface area contributed by atoms with Crippen molar-refractivity contribution in [3.63, 3.8) is 0 Å². The van der Waals surface area contributed by atoms with Crippen molar-refractivity contribution in [1.29, 1.82) is 0 Å². The van der Waals surface area contributed by atoms with Crippen molar-refractivity contribution in [3.8, 4) is 0 Å². The molecular formula is C16H17BrN2O. The number of benzene rings is 2. The van der Waals surface area contributed by atoms with Crippen LogP contribution in [0.1, 0.15) is 34.5 Å². The number of nitrogens with two attached hydrogens (primary N) is 1. The van der Waals surface area contributed by atoms with Gasteiger partial charge in [-0.05, 0) is 43.2 Å². The van der Waals surface area contributed by atoms with Gasteiger partial charge in [0.25, 0.3) is 5.91 Å². The maximum atomic E-state index is 12.3. The molecule has 1 unspecified atom stereocenters. The highest BCUT2D eigenvalue weighted by molar-refractivity contribution is 9.10. The van der Waals surface area contributed by atoms with Crippen molar-refractivity contribution in [3.05, 3.63) is 63.6 Å².